The Morgan fingerprint density at radius 2 is 1.56 bits per heavy atom. The lowest BCUT2D eigenvalue weighted by Crippen LogP contribution is -2.49. The van der Waals surface area contributed by atoms with E-state index in [0.29, 0.717) is 19.6 Å². The highest BCUT2D eigenvalue weighted by molar-refractivity contribution is 5.31. The number of ether oxygens (including phenoxy) is 2. The second-order valence-electron chi connectivity index (χ2n) is 8.87. The molecule has 4 rings (SSSR count). The van der Waals surface area contributed by atoms with E-state index in [1.54, 1.807) is 0 Å². The number of hydrogen-bond donors (Lipinski definition) is 2. The van der Waals surface area contributed by atoms with Crippen molar-refractivity contribution in [3.8, 4) is 11.5 Å². The van der Waals surface area contributed by atoms with E-state index >= 15 is 0 Å². The molecule has 2 atom stereocenters. The molecular formula is C28H33NO3. The Labute approximate surface area is 191 Å². The molecule has 2 unspecified atom stereocenters. The Kier molecular flexibility index (Phi) is 7.46. The van der Waals surface area contributed by atoms with Crippen LogP contribution in [0.5, 0.6) is 11.5 Å². The molecular weight excluding hydrogens is 398 g/mol. The molecule has 3 aromatic carbocycles. The minimum Gasteiger partial charge on any atom is -0.494 e. The molecule has 1 saturated heterocycles. The predicted octanol–water partition coefficient (Wildman–Crippen LogP) is 5.07. The number of piperidine rings is 1. The highest BCUT2D eigenvalue weighted by Crippen LogP contribution is 2.28. The van der Waals surface area contributed by atoms with Crippen molar-refractivity contribution in [2.45, 2.75) is 50.9 Å². The van der Waals surface area contributed by atoms with E-state index in [1.807, 2.05) is 42.5 Å². The second kappa shape index (κ2) is 10.7. The summed E-state index contributed by atoms with van der Waals surface area (Å²) in [4.78, 5) is 0. The Morgan fingerprint density at radius 1 is 0.875 bits per heavy atom. The first-order chi connectivity index (χ1) is 15.6. The van der Waals surface area contributed by atoms with Gasteiger partial charge in [0.05, 0.1) is 12.2 Å². The molecule has 32 heavy (non-hydrogen) atoms. The number of aryl methyl sites for hydroxylation is 1. The van der Waals surface area contributed by atoms with E-state index in [-0.39, 0.29) is 6.04 Å². The summed E-state index contributed by atoms with van der Waals surface area (Å²) in [5, 5.41) is 14.7. The van der Waals surface area contributed by atoms with Gasteiger partial charge in [0, 0.05) is 12.5 Å². The summed E-state index contributed by atoms with van der Waals surface area (Å²) in [7, 11) is 0. The minimum atomic E-state index is -0.650. The molecule has 2 N–H and O–H groups in total. The molecule has 4 nitrogen and oxygen atoms in total. The van der Waals surface area contributed by atoms with Crippen molar-refractivity contribution in [1.82, 2.24) is 5.32 Å². The summed E-state index contributed by atoms with van der Waals surface area (Å²) < 4.78 is 11.8. The fourth-order valence-corrected chi connectivity index (χ4v) is 4.28. The van der Waals surface area contributed by atoms with Gasteiger partial charge in [0.2, 0.25) is 0 Å². The second-order valence-corrected chi connectivity index (χ2v) is 8.87. The third-order valence-electron chi connectivity index (χ3n) is 6.11. The summed E-state index contributed by atoms with van der Waals surface area (Å²) in [5.74, 6) is 1.67. The lowest BCUT2D eigenvalue weighted by molar-refractivity contribution is -0.00627. The van der Waals surface area contributed by atoms with Crippen molar-refractivity contribution in [2.75, 3.05) is 13.2 Å². The lowest BCUT2D eigenvalue weighted by atomic mass is 9.82. The van der Waals surface area contributed by atoms with Gasteiger partial charge in [-0.15, -0.1) is 0 Å². The van der Waals surface area contributed by atoms with Gasteiger partial charge in [-0.25, -0.2) is 0 Å². The normalized spacial score (nSPS) is 20.6. The topological polar surface area (TPSA) is 50.7 Å². The number of hydrogen-bond acceptors (Lipinski definition) is 4. The molecule has 1 aliphatic heterocycles. The molecule has 0 saturated carbocycles. The van der Waals surface area contributed by atoms with Crippen LogP contribution < -0.4 is 14.8 Å². The Hall–Kier alpha value is -2.82. The van der Waals surface area contributed by atoms with Crippen LogP contribution in [0.15, 0.2) is 78.9 Å². The van der Waals surface area contributed by atoms with Crippen LogP contribution in [0.2, 0.25) is 0 Å². The molecule has 0 spiro atoms. The number of benzene rings is 3. The molecule has 4 heteroatoms. The van der Waals surface area contributed by atoms with E-state index in [2.05, 4.69) is 48.6 Å². The minimum absolute atomic E-state index is 0.257. The predicted molar refractivity (Wildman–Crippen MR) is 128 cm³/mol. The molecule has 0 radical (unpaired) electrons. The van der Waals surface area contributed by atoms with Gasteiger partial charge < -0.3 is 19.9 Å². The first kappa shape index (κ1) is 22.4. The van der Waals surface area contributed by atoms with Crippen LogP contribution in [0.1, 0.15) is 36.0 Å². The standard InChI is InChI=1S/C28H33NO3/c1-22-7-9-23(10-8-22)19-28(30)16-17-29-25(20-28)15-18-31-26-11-13-27(14-12-26)32-21-24-5-3-2-4-6-24/h2-14,25,29-30H,15-21H2,1H3. The van der Waals surface area contributed by atoms with Gasteiger partial charge in [-0.2, -0.15) is 0 Å². The maximum atomic E-state index is 11.1. The Balaban J connectivity index is 1.21. The molecule has 168 valence electrons. The molecule has 0 amide bonds. The zero-order chi connectivity index (χ0) is 22.2. The zero-order valence-corrected chi connectivity index (χ0v) is 18.8. The highest BCUT2D eigenvalue weighted by atomic mass is 16.5. The molecule has 1 heterocycles. The van der Waals surface area contributed by atoms with Gasteiger partial charge >= 0.3 is 0 Å². The SMILES string of the molecule is Cc1ccc(CC2(O)CCNC(CCOc3ccc(OCc4ccccc4)cc3)C2)cc1. The molecule has 0 aliphatic carbocycles. The maximum absolute atomic E-state index is 11.1. The van der Waals surface area contributed by atoms with Crippen LogP contribution in [0.3, 0.4) is 0 Å². The molecule has 3 aromatic rings. The van der Waals surface area contributed by atoms with Crippen LogP contribution in [0.4, 0.5) is 0 Å². The Morgan fingerprint density at radius 3 is 2.28 bits per heavy atom. The average Bonchev–Trinajstić information content (AvgIpc) is 2.81. The van der Waals surface area contributed by atoms with Gasteiger partial charge in [-0.05, 0) is 68.1 Å². The third-order valence-corrected chi connectivity index (χ3v) is 6.11. The van der Waals surface area contributed by atoms with Crippen LogP contribution in [0.25, 0.3) is 0 Å². The van der Waals surface area contributed by atoms with Crippen LogP contribution in [-0.2, 0) is 13.0 Å². The summed E-state index contributed by atoms with van der Waals surface area (Å²) in [6.45, 7) is 4.09. The van der Waals surface area contributed by atoms with E-state index in [0.717, 1.165) is 42.9 Å². The van der Waals surface area contributed by atoms with E-state index in [1.165, 1.54) is 11.1 Å². The largest absolute Gasteiger partial charge is 0.494 e. The Bertz CT molecular complexity index is 956. The average molecular weight is 432 g/mol. The zero-order valence-electron chi connectivity index (χ0n) is 18.8. The van der Waals surface area contributed by atoms with Crippen LogP contribution >= 0.6 is 0 Å². The number of nitrogens with one attached hydrogen (secondary N) is 1. The number of rotatable bonds is 9. The van der Waals surface area contributed by atoms with Crippen LogP contribution in [-0.4, -0.2) is 29.9 Å². The van der Waals surface area contributed by atoms with Crippen molar-refractivity contribution >= 4 is 0 Å². The van der Waals surface area contributed by atoms with Crippen LogP contribution in [0, 0.1) is 6.92 Å². The summed E-state index contributed by atoms with van der Waals surface area (Å²) in [5.41, 5.74) is 2.94. The van der Waals surface area contributed by atoms with Gasteiger partial charge in [0.1, 0.15) is 18.1 Å². The highest BCUT2D eigenvalue weighted by Gasteiger charge is 2.34. The quantitative estimate of drug-likeness (QED) is 0.497. The molecule has 0 bridgehead atoms. The van der Waals surface area contributed by atoms with E-state index < -0.39 is 5.60 Å². The maximum Gasteiger partial charge on any atom is 0.120 e. The van der Waals surface area contributed by atoms with Crippen molar-refractivity contribution in [1.29, 1.82) is 0 Å². The monoisotopic (exact) mass is 431 g/mol. The lowest BCUT2D eigenvalue weighted by Gasteiger charge is -2.38. The fraction of sp³-hybridized carbons (Fsp3) is 0.357. The van der Waals surface area contributed by atoms with Gasteiger partial charge in [-0.1, -0.05) is 60.2 Å². The van der Waals surface area contributed by atoms with Crippen molar-refractivity contribution in [3.05, 3.63) is 95.6 Å². The molecule has 1 fully saturated rings. The molecule has 0 aromatic heterocycles. The first-order valence-corrected chi connectivity index (χ1v) is 11.5. The summed E-state index contributed by atoms with van der Waals surface area (Å²) in [6.07, 6.45) is 3.10. The third kappa shape index (κ3) is 6.59. The van der Waals surface area contributed by atoms with Gasteiger partial charge in [0.15, 0.2) is 0 Å². The summed E-state index contributed by atoms with van der Waals surface area (Å²) in [6, 6.07) is 26.7. The first-order valence-electron chi connectivity index (χ1n) is 11.5. The fourth-order valence-electron chi connectivity index (χ4n) is 4.28. The van der Waals surface area contributed by atoms with Crippen molar-refractivity contribution in [2.24, 2.45) is 0 Å². The van der Waals surface area contributed by atoms with Gasteiger partial charge in [0.25, 0.3) is 0 Å². The van der Waals surface area contributed by atoms with E-state index in [9.17, 15) is 5.11 Å². The summed E-state index contributed by atoms with van der Waals surface area (Å²) >= 11 is 0. The van der Waals surface area contributed by atoms with Crippen molar-refractivity contribution in [3.63, 3.8) is 0 Å². The number of aliphatic hydroxyl groups is 1. The van der Waals surface area contributed by atoms with E-state index in [4.69, 9.17) is 9.47 Å². The van der Waals surface area contributed by atoms with Crippen molar-refractivity contribution < 1.29 is 14.6 Å². The molecule has 1 aliphatic rings. The smallest absolute Gasteiger partial charge is 0.120 e. The van der Waals surface area contributed by atoms with Gasteiger partial charge in [-0.3, -0.25) is 0 Å².